The van der Waals surface area contributed by atoms with Crippen LogP contribution in [-0.2, 0) is 28.7 Å². The molecule has 4 atom stereocenters. The van der Waals surface area contributed by atoms with E-state index in [0.717, 1.165) is 74.5 Å². The first-order valence-electron chi connectivity index (χ1n) is 40.3. The number of alkyl halides is 2. The molecule has 0 saturated carbocycles. The van der Waals surface area contributed by atoms with Crippen LogP contribution in [0.15, 0.2) is 93.7 Å². The van der Waals surface area contributed by atoms with Gasteiger partial charge in [-0.3, -0.25) is 19.4 Å². The van der Waals surface area contributed by atoms with E-state index >= 15 is 0 Å². The lowest BCUT2D eigenvalue weighted by molar-refractivity contribution is -0.141. The lowest BCUT2D eigenvalue weighted by atomic mass is 9.98. The molecule has 1 aromatic heterocycles. The van der Waals surface area contributed by atoms with Gasteiger partial charge in [-0.2, -0.15) is 0 Å². The van der Waals surface area contributed by atoms with Gasteiger partial charge in [-0.25, -0.2) is 14.8 Å². The summed E-state index contributed by atoms with van der Waals surface area (Å²) in [5.74, 6) is -0.908. The van der Waals surface area contributed by atoms with E-state index in [1.165, 1.54) is 209 Å². The van der Waals surface area contributed by atoms with Crippen molar-refractivity contribution >= 4 is 153 Å². The minimum Gasteiger partial charge on any atom is -1.00 e. The Labute approximate surface area is 714 Å². The fraction of sp³-hybridized carbons (Fsp3) is 0.732. The average molecular weight is 1730 g/mol. The van der Waals surface area contributed by atoms with Gasteiger partial charge in [0.15, 0.2) is 0 Å². The highest BCUT2D eigenvalue weighted by Crippen LogP contribution is 2.54. The number of nitrogens with zero attached hydrogens (tertiary/aromatic N) is 5. The predicted octanol–water partition coefficient (Wildman–Crippen LogP) is 21.4. The zero-order valence-electron chi connectivity index (χ0n) is 69.5. The molecule has 0 radical (unpaired) electrons. The Hall–Kier alpha value is -1.84. The van der Waals surface area contributed by atoms with E-state index < -0.39 is 12.0 Å². The summed E-state index contributed by atoms with van der Waals surface area (Å²) in [5, 5.41) is 30.0. The number of carboxylic acids is 1. The number of pyridine rings is 1. The van der Waals surface area contributed by atoms with E-state index in [9.17, 15) is 19.2 Å². The molecule has 16 nitrogen and oxygen atoms in total. The highest BCUT2D eigenvalue weighted by molar-refractivity contribution is 8.34. The minimum atomic E-state index is -0.930. The molecule has 109 heavy (non-hydrogen) atoms. The Bertz CT molecular complexity index is 2670. The molecule has 0 spiro atoms. The summed E-state index contributed by atoms with van der Waals surface area (Å²) in [6, 6.07) is 5.71. The number of hydrogen-bond acceptors (Lipinski definition) is 20. The first-order valence-corrected chi connectivity index (χ1v) is 48.3. The van der Waals surface area contributed by atoms with Crippen molar-refractivity contribution in [2.24, 2.45) is 27.6 Å². The molecule has 628 valence electrons. The Morgan fingerprint density at radius 3 is 1.27 bits per heavy atom. The number of rotatable bonds is 55. The van der Waals surface area contributed by atoms with Crippen molar-refractivity contribution < 1.29 is 47.6 Å². The van der Waals surface area contributed by atoms with Crippen LogP contribution in [0.3, 0.4) is 0 Å². The second-order valence-corrected chi connectivity index (χ2v) is 37.0. The molecule has 0 fully saturated rings. The minimum absolute atomic E-state index is 0. The molecular formula is C82H144Cl3N9O7S8. The smallest absolute Gasteiger partial charge is 1.00 e. The molecule has 1 aromatic rings. The van der Waals surface area contributed by atoms with E-state index in [1.807, 2.05) is 64.2 Å². The molecule has 3 amide bonds. The van der Waals surface area contributed by atoms with Crippen LogP contribution in [0.2, 0.25) is 0 Å². The van der Waals surface area contributed by atoms with Crippen LogP contribution < -0.4 is 39.0 Å². The molecule has 27 heteroatoms. The Morgan fingerprint density at radius 2 is 0.917 bits per heavy atom. The van der Waals surface area contributed by atoms with Gasteiger partial charge in [0, 0.05) is 61.6 Å². The van der Waals surface area contributed by atoms with Crippen LogP contribution in [-0.4, -0.2) is 149 Å². The van der Waals surface area contributed by atoms with Crippen molar-refractivity contribution in [1.29, 1.82) is 0 Å². The molecule has 5 heterocycles. The predicted molar refractivity (Wildman–Crippen MR) is 487 cm³/mol. The van der Waals surface area contributed by atoms with Gasteiger partial charge in [0.1, 0.15) is 19.3 Å². The molecule has 6 N–H and O–H groups in total. The number of amides is 3. The van der Waals surface area contributed by atoms with E-state index in [-0.39, 0.29) is 68.0 Å². The topological polar surface area (TPSA) is 213 Å². The van der Waals surface area contributed by atoms with Crippen LogP contribution in [0.25, 0.3) is 0 Å². The quantitative estimate of drug-likeness (QED) is 0.0233. The molecule has 4 aliphatic rings. The Morgan fingerprint density at radius 1 is 0.541 bits per heavy atom. The summed E-state index contributed by atoms with van der Waals surface area (Å²) in [6.45, 7) is 19.4. The second kappa shape index (κ2) is 80.0. The van der Waals surface area contributed by atoms with Crippen molar-refractivity contribution in [2.75, 3.05) is 97.6 Å². The number of unbranched alkanes of at least 4 members (excludes halogenated alkanes) is 30. The van der Waals surface area contributed by atoms with Gasteiger partial charge < -0.3 is 58.5 Å². The Balaban J connectivity index is -0.00000143. The van der Waals surface area contributed by atoms with E-state index in [4.69, 9.17) is 43.5 Å². The highest BCUT2D eigenvalue weighted by atomic mass is 35.5. The van der Waals surface area contributed by atoms with Gasteiger partial charge in [-0.05, 0) is 103 Å². The van der Waals surface area contributed by atoms with Gasteiger partial charge in [-0.15, -0.1) is 23.2 Å². The lowest BCUT2D eigenvalue weighted by Crippen LogP contribution is -3.00. The number of carbonyl (C=O) groups is 4. The number of halogens is 3. The van der Waals surface area contributed by atoms with Gasteiger partial charge in [-0.1, -0.05) is 341 Å². The van der Waals surface area contributed by atoms with Crippen LogP contribution in [0.5, 0.6) is 0 Å². The summed E-state index contributed by atoms with van der Waals surface area (Å²) < 4.78 is 15.8. The number of aliphatic carboxylic acids is 1. The SMILES string of the molecule is CCCCCCCCCCCCCCCCCCNC(=O)C(N)C(C)CC.CCCCCCCCCCCCCCCCCCNC(=O)C(NC(=O)COCC1=CSC(=C2SC=CS2)S1)C(C)CC.CCN=C=NCCCN(C)C.CN(C)c1ccncc1.ClCCl.O=C(O)COCC1=CSC(=C2SC=CS2)S1.[Cl-].[H+]. The number of ether oxygens (including phenoxy) is 2. The summed E-state index contributed by atoms with van der Waals surface area (Å²) in [6.07, 6.45) is 49.8. The number of carbonyl (C=O) groups excluding carboxylic acids is 3. The van der Waals surface area contributed by atoms with E-state index in [1.54, 1.807) is 106 Å². The molecule has 0 aliphatic carbocycles. The third kappa shape index (κ3) is 65.9. The first-order chi connectivity index (χ1) is 52.4. The third-order valence-electron chi connectivity index (χ3n) is 17.5. The van der Waals surface area contributed by atoms with Crippen molar-refractivity contribution in [3.8, 4) is 0 Å². The molecule has 4 unspecified atom stereocenters. The summed E-state index contributed by atoms with van der Waals surface area (Å²) >= 11 is 23.2. The number of aromatic nitrogens is 1. The monoisotopic (exact) mass is 1730 g/mol. The summed E-state index contributed by atoms with van der Waals surface area (Å²) in [7, 11) is 8.14. The fourth-order valence-electron chi connectivity index (χ4n) is 10.7. The maximum Gasteiger partial charge on any atom is 1.00 e. The standard InChI is InChI=1S/C33H56N2O3S4.C24H50N2O.C9H8O3S4.C8H17N3.C7H10N2.CH2Cl2.ClH/c1-4-6-7-8-9-10-11-12-13-14-15-16-17-18-19-20-21-34-31(37)30(27(3)5-2)35-29(36)25-38-24-28-26-41-33(42-28)32-39-22-23-40-32;1-4-6-7-8-9-10-11-12-13-14-15-16-17-18-19-20-21-26-24(27)23(25)22(3)5-2;10-7(11)4-12-3-6-5-15-9(16-6)8-13-1-2-14-8;1-4-9-8-10-6-5-7-11(2)3;1-9(2)7-3-5-8-6-4-7;2-1-3;/h22-23,26-27,30H,4-21,24-25H2,1-3H3,(H,34,37)(H,35,36);22-23H,4-21,25H2,1-3H3,(H,26,27);1-2,5H,3-4H2,(H,10,11);4-7H2,1-3H3;3-6H,1-2H3;1H2;1H. The Kier molecular flexibility index (Phi) is 80.1. The largest absolute Gasteiger partial charge is 1.00 e. The highest BCUT2D eigenvalue weighted by Gasteiger charge is 2.27. The number of hydrogen-bond donors (Lipinski definition) is 5. The molecular weight excluding hydrogens is 1590 g/mol. The maximum atomic E-state index is 12.9. The van der Waals surface area contributed by atoms with Gasteiger partial charge in [0.05, 0.1) is 54.1 Å². The molecule has 4 aliphatic heterocycles. The van der Waals surface area contributed by atoms with Crippen LogP contribution in [0, 0.1) is 11.8 Å². The van der Waals surface area contributed by atoms with Crippen LogP contribution >= 0.6 is 117 Å². The molecule has 5 rings (SSSR count). The number of aliphatic imine (C=N–C) groups is 2. The van der Waals surface area contributed by atoms with Crippen molar-refractivity contribution in [3.63, 3.8) is 0 Å². The summed E-state index contributed by atoms with van der Waals surface area (Å²) in [4.78, 5) is 65.7. The van der Waals surface area contributed by atoms with Gasteiger partial charge in [0.2, 0.25) is 17.7 Å². The number of anilines is 1. The van der Waals surface area contributed by atoms with Crippen LogP contribution in [0.1, 0.15) is 275 Å². The van der Waals surface area contributed by atoms with Crippen molar-refractivity contribution in [3.05, 3.63) is 83.7 Å². The third-order valence-corrected chi connectivity index (χ3v) is 27.6. The zero-order valence-corrected chi connectivity index (χ0v) is 77.3. The zero-order chi connectivity index (χ0) is 79.7. The van der Waals surface area contributed by atoms with E-state index in [0.29, 0.717) is 19.8 Å². The first kappa shape index (κ1) is 109. The summed E-state index contributed by atoms with van der Waals surface area (Å²) in [5.41, 5.74) is 7.12. The van der Waals surface area contributed by atoms with Crippen molar-refractivity contribution in [1.82, 2.24) is 25.8 Å². The average Bonchev–Trinajstić information content (AvgIpc) is 1.79. The van der Waals surface area contributed by atoms with Gasteiger partial charge in [0.25, 0.3) is 0 Å². The van der Waals surface area contributed by atoms with Crippen LogP contribution in [0.4, 0.5) is 5.69 Å². The molecule has 0 saturated heterocycles. The second-order valence-electron chi connectivity index (χ2n) is 27.5. The normalized spacial score (nSPS) is 14.3. The lowest BCUT2D eigenvalue weighted by Gasteiger charge is -2.23. The van der Waals surface area contributed by atoms with Crippen molar-refractivity contribution in [2.45, 2.75) is 285 Å². The fourth-order valence-corrected chi connectivity index (χ4v) is 19.5. The number of carboxylic acid groups (broad SMARTS) is 1. The number of nitrogens with two attached hydrogens (primary N) is 1. The maximum absolute atomic E-state index is 12.9. The molecule has 0 bridgehead atoms. The number of thioether (sulfide) groups is 8. The molecule has 0 aromatic carbocycles. The van der Waals surface area contributed by atoms with Gasteiger partial charge >= 0.3 is 7.40 Å². The van der Waals surface area contributed by atoms with E-state index in [2.05, 4.69) is 104 Å². The number of nitrogens with one attached hydrogen (secondary N) is 3.